The van der Waals surface area contributed by atoms with Crippen LogP contribution in [0.5, 0.6) is 0 Å². The summed E-state index contributed by atoms with van der Waals surface area (Å²) < 4.78 is 1.53. The van der Waals surface area contributed by atoms with Gasteiger partial charge in [-0.3, -0.25) is 14.4 Å². The molecule has 154 valence electrons. The van der Waals surface area contributed by atoms with E-state index >= 15 is 0 Å². The third-order valence-electron chi connectivity index (χ3n) is 4.51. The lowest BCUT2D eigenvalue weighted by Crippen LogP contribution is -2.44. The summed E-state index contributed by atoms with van der Waals surface area (Å²) in [6, 6.07) is 6.16. The zero-order valence-electron chi connectivity index (χ0n) is 17.5. The molecule has 0 aliphatic carbocycles. The minimum Gasteiger partial charge on any atom is -0.423 e. The largest absolute Gasteiger partial charge is 0.488 e. The maximum Gasteiger partial charge on any atom is 0.488 e. The molecule has 0 aliphatic rings. The zero-order chi connectivity index (χ0) is 22.1. The fraction of sp³-hybridized carbons (Fsp3) is 0.350. The number of aromatic nitrogens is 1. The van der Waals surface area contributed by atoms with Crippen LogP contribution >= 0.6 is 0 Å². The molecule has 0 bridgehead atoms. The smallest absolute Gasteiger partial charge is 0.423 e. The molecule has 2 rings (SSSR count). The van der Waals surface area contributed by atoms with Crippen molar-refractivity contribution in [3.8, 4) is 0 Å². The number of Topliss-reactive ketones (excluding diaryl/α,β-unsaturated/α-hetero) is 1. The lowest BCUT2D eigenvalue weighted by atomic mass is 9.80. The van der Waals surface area contributed by atoms with Gasteiger partial charge in [-0.1, -0.05) is 12.1 Å². The molecular formula is C20H26BN3O5. The predicted molar refractivity (Wildman–Crippen MR) is 111 cm³/mol. The van der Waals surface area contributed by atoms with Crippen molar-refractivity contribution >= 4 is 35.9 Å². The number of anilines is 1. The molecule has 1 heterocycles. The Morgan fingerprint density at radius 1 is 1.10 bits per heavy atom. The first kappa shape index (κ1) is 22.4. The van der Waals surface area contributed by atoms with Gasteiger partial charge < -0.3 is 25.2 Å². The van der Waals surface area contributed by atoms with Crippen LogP contribution in [0.4, 0.5) is 5.69 Å². The molecule has 8 nitrogen and oxygen atoms in total. The van der Waals surface area contributed by atoms with E-state index in [1.165, 1.54) is 16.7 Å². The number of hydrogen-bond donors (Lipinski definition) is 4. The number of rotatable bonds is 5. The van der Waals surface area contributed by atoms with E-state index in [-0.39, 0.29) is 16.7 Å². The van der Waals surface area contributed by atoms with Crippen LogP contribution in [0.25, 0.3) is 0 Å². The second-order valence-electron chi connectivity index (χ2n) is 7.98. The standard InChI is InChI=1S/C20H26BN3O5/c1-11-15(18(26)22-14-9-7-8-13(10-14)21(28)29)12(2)24(6)16(11)17(25)19(27)23-20(3,4)5/h7-10,28-29H,1-6H3,(H,22,26)(H,23,27). The Morgan fingerprint density at radius 3 is 2.28 bits per heavy atom. The molecule has 0 aliphatic heterocycles. The first-order valence-corrected chi connectivity index (χ1v) is 9.13. The van der Waals surface area contributed by atoms with Crippen molar-refractivity contribution in [1.29, 1.82) is 0 Å². The molecule has 0 spiro atoms. The average Bonchev–Trinajstić information content (AvgIpc) is 2.82. The zero-order valence-corrected chi connectivity index (χ0v) is 17.5. The summed E-state index contributed by atoms with van der Waals surface area (Å²) in [5.74, 6) is -1.92. The molecule has 29 heavy (non-hydrogen) atoms. The Hall–Kier alpha value is -2.91. The highest BCUT2D eigenvalue weighted by Crippen LogP contribution is 2.23. The van der Waals surface area contributed by atoms with Gasteiger partial charge in [-0.25, -0.2) is 0 Å². The highest BCUT2D eigenvalue weighted by atomic mass is 16.4. The van der Waals surface area contributed by atoms with E-state index in [1.54, 1.807) is 53.8 Å². The number of carbonyl (C=O) groups is 3. The van der Waals surface area contributed by atoms with E-state index < -0.39 is 30.3 Å². The van der Waals surface area contributed by atoms with E-state index in [0.717, 1.165) is 0 Å². The molecular weight excluding hydrogens is 373 g/mol. The van der Waals surface area contributed by atoms with Crippen LogP contribution in [0.3, 0.4) is 0 Å². The van der Waals surface area contributed by atoms with Crippen molar-refractivity contribution in [2.45, 2.75) is 40.2 Å². The van der Waals surface area contributed by atoms with Crippen molar-refractivity contribution in [1.82, 2.24) is 9.88 Å². The number of nitrogens with one attached hydrogen (secondary N) is 2. The number of ketones is 1. The van der Waals surface area contributed by atoms with Gasteiger partial charge in [0.25, 0.3) is 17.6 Å². The molecule has 0 saturated carbocycles. The van der Waals surface area contributed by atoms with Crippen molar-refractivity contribution in [3.63, 3.8) is 0 Å². The molecule has 0 unspecified atom stereocenters. The first-order chi connectivity index (χ1) is 13.3. The first-order valence-electron chi connectivity index (χ1n) is 9.13. The molecule has 1 aromatic carbocycles. The third kappa shape index (κ3) is 4.93. The van der Waals surface area contributed by atoms with Gasteiger partial charge in [0.15, 0.2) is 0 Å². The molecule has 0 fully saturated rings. The molecule has 2 aromatic rings. The highest BCUT2D eigenvalue weighted by molar-refractivity contribution is 6.58. The number of hydrogen-bond acceptors (Lipinski definition) is 5. The van der Waals surface area contributed by atoms with Crippen molar-refractivity contribution < 1.29 is 24.4 Å². The number of nitrogens with zero attached hydrogens (tertiary/aromatic N) is 1. The van der Waals surface area contributed by atoms with Gasteiger partial charge in [0.1, 0.15) is 0 Å². The monoisotopic (exact) mass is 399 g/mol. The number of amides is 2. The fourth-order valence-corrected chi connectivity index (χ4v) is 3.11. The van der Waals surface area contributed by atoms with E-state index in [9.17, 15) is 24.4 Å². The summed E-state index contributed by atoms with van der Waals surface area (Å²) in [6.45, 7) is 8.63. The molecule has 2 amide bonds. The summed E-state index contributed by atoms with van der Waals surface area (Å²) in [5.41, 5.74) is 1.41. The second kappa shape index (κ2) is 8.22. The minimum atomic E-state index is -1.65. The quantitative estimate of drug-likeness (QED) is 0.335. The van der Waals surface area contributed by atoms with Crippen LogP contribution in [0.1, 0.15) is 52.9 Å². The molecule has 4 N–H and O–H groups in total. The molecule has 0 saturated heterocycles. The van der Waals surface area contributed by atoms with Crippen molar-refractivity contribution in [2.24, 2.45) is 7.05 Å². The maximum absolute atomic E-state index is 12.9. The lowest BCUT2D eigenvalue weighted by molar-refractivity contribution is -0.118. The van der Waals surface area contributed by atoms with Gasteiger partial charge in [-0.2, -0.15) is 0 Å². The molecule has 0 radical (unpaired) electrons. The summed E-state index contributed by atoms with van der Waals surface area (Å²) in [4.78, 5) is 37.9. The minimum absolute atomic E-state index is 0.147. The molecule has 9 heteroatoms. The van der Waals surface area contributed by atoms with Gasteiger partial charge in [0.05, 0.1) is 11.3 Å². The predicted octanol–water partition coefficient (Wildman–Crippen LogP) is 0.671. The van der Waals surface area contributed by atoms with Crippen molar-refractivity contribution in [2.75, 3.05) is 5.32 Å². The Bertz CT molecular complexity index is 973. The Kier molecular flexibility index (Phi) is 6.35. The van der Waals surface area contributed by atoms with Crippen LogP contribution in [0.2, 0.25) is 0 Å². The van der Waals surface area contributed by atoms with Gasteiger partial charge in [-0.15, -0.1) is 0 Å². The lowest BCUT2D eigenvalue weighted by Gasteiger charge is -2.20. The fourth-order valence-electron chi connectivity index (χ4n) is 3.11. The normalized spacial score (nSPS) is 11.2. The maximum atomic E-state index is 12.9. The van der Waals surface area contributed by atoms with Crippen LogP contribution < -0.4 is 16.1 Å². The van der Waals surface area contributed by atoms with Gasteiger partial charge >= 0.3 is 7.12 Å². The number of benzene rings is 1. The van der Waals surface area contributed by atoms with Crippen LogP contribution in [-0.4, -0.2) is 44.9 Å². The Balaban J connectivity index is 2.37. The van der Waals surface area contributed by atoms with Crippen molar-refractivity contribution in [3.05, 3.63) is 46.8 Å². The SMILES string of the molecule is Cc1c(C(=O)Nc2cccc(B(O)O)c2)c(C)n(C)c1C(=O)C(=O)NC(C)(C)C. The van der Waals surface area contributed by atoms with Crippen LogP contribution in [-0.2, 0) is 11.8 Å². The van der Waals surface area contributed by atoms with Gasteiger partial charge in [0, 0.05) is 24.0 Å². The average molecular weight is 399 g/mol. The van der Waals surface area contributed by atoms with Crippen LogP contribution in [0.15, 0.2) is 24.3 Å². The Labute approximate surface area is 170 Å². The topological polar surface area (TPSA) is 121 Å². The second-order valence-corrected chi connectivity index (χ2v) is 7.98. The van der Waals surface area contributed by atoms with E-state index in [4.69, 9.17) is 0 Å². The van der Waals surface area contributed by atoms with Gasteiger partial charge in [0.2, 0.25) is 0 Å². The molecule has 1 aromatic heterocycles. The van der Waals surface area contributed by atoms with E-state index in [1.807, 2.05) is 0 Å². The summed E-state index contributed by atoms with van der Waals surface area (Å²) in [6.07, 6.45) is 0. The highest BCUT2D eigenvalue weighted by Gasteiger charge is 2.30. The van der Waals surface area contributed by atoms with E-state index in [2.05, 4.69) is 10.6 Å². The summed E-state index contributed by atoms with van der Waals surface area (Å²) in [5, 5.41) is 23.9. The third-order valence-corrected chi connectivity index (χ3v) is 4.51. The number of carbonyl (C=O) groups excluding carboxylic acids is 3. The summed E-state index contributed by atoms with van der Waals surface area (Å²) in [7, 11) is -0.0305. The Morgan fingerprint density at radius 2 is 1.72 bits per heavy atom. The summed E-state index contributed by atoms with van der Waals surface area (Å²) >= 11 is 0. The van der Waals surface area contributed by atoms with Gasteiger partial charge in [-0.05, 0) is 57.8 Å². The van der Waals surface area contributed by atoms with E-state index in [0.29, 0.717) is 16.9 Å². The van der Waals surface area contributed by atoms with Crippen LogP contribution in [0, 0.1) is 13.8 Å². The molecule has 0 atom stereocenters.